The monoisotopic (exact) mass is 428 g/mol. The Kier molecular flexibility index (Phi) is 11.1. The molecule has 31 heavy (non-hydrogen) atoms. The van der Waals surface area contributed by atoms with Crippen molar-refractivity contribution in [3.63, 3.8) is 0 Å². The third-order valence-corrected chi connectivity index (χ3v) is 7.96. The van der Waals surface area contributed by atoms with Gasteiger partial charge in [-0.3, -0.25) is 0 Å². The van der Waals surface area contributed by atoms with Gasteiger partial charge in [0.1, 0.15) is 11.5 Å². The maximum atomic E-state index is 6.09. The lowest BCUT2D eigenvalue weighted by Gasteiger charge is -2.31. The van der Waals surface area contributed by atoms with Crippen molar-refractivity contribution >= 4 is 0 Å². The molecule has 2 nitrogen and oxygen atoms in total. The minimum absolute atomic E-state index is 0.741. The Morgan fingerprint density at radius 1 is 0.645 bits per heavy atom. The molecule has 0 bridgehead atoms. The Hall–Kier alpha value is -1.18. The third kappa shape index (κ3) is 8.70. The highest BCUT2D eigenvalue weighted by atomic mass is 16.5. The lowest BCUT2D eigenvalue weighted by molar-refractivity contribution is 0.178. The number of benzene rings is 1. The van der Waals surface area contributed by atoms with Crippen LogP contribution in [0.5, 0.6) is 11.5 Å². The van der Waals surface area contributed by atoms with E-state index in [-0.39, 0.29) is 0 Å². The molecule has 2 heteroatoms. The lowest BCUT2D eigenvalue weighted by Crippen LogP contribution is -2.20. The maximum absolute atomic E-state index is 6.09. The summed E-state index contributed by atoms with van der Waals surface area (Å²) in [6.07, 6.45) is 20.8. The fourth-order valence-corrected chi connectivity index (χ4v) is 5.99. The van der Waals surface area contributed by atoms with Gasteiger partial charge in [0.15, 0.2) is 0 Å². The van der Waals surface area contributed by atoms with E-state index < -0.39 is 0 Å². The van der Waals surface area contributed by atoms with Gasteiger partial charge in [-0.25, -0.2) is 0 Å². The van der Waals surface area contributed by atoms with Crippen LogP contribution in [0.4, 0.5) is 0 Å². The predicted molar refractivity (Wildman–Crippen MR) is 132 cm³/mol. The van der Waals surface area contributed by atoms with Crippen molar-refractivity contribution in [3.8, 4) is 11.5 Å². The number of ether oxygens (including phenoxy) is 2. The second kappa shape index (κ2) is 14.1. The van der Waals surface area contributed by atoms with Crippen LogP contribution in [0.15, 0.2) is 24.3 Å². The molecule has 2 saturated carbocycles. The fraction of sp³-hybridized carbons (Fsp3) is 0.793. The molecule has 0 saturated heterocycles. The molecule has 1 aromatic rings. The van der Waals surface area contributed by atoms with E-state index in [9.17, 15) is 0 Å². The topological polar surface area (TPSA) is 18.5 Å². The molecule has 0 radical (unpaired) electrons. The van der Waals surface area contributed by atoms with Gasteiger partial charge in [-0.15, -0.1) is 0 Å². The van der Waals surface area contributed by atoms with Crippen LogP contribution in [0.25, 0.3) is 0 Å². The Labute approximate surface area is 192 Å². The number of unbranched alkanes of at least 4 members (excludes halogenated alkanes) is 1. The Balaban J connectivity index is 1.30. The number of rotatable bonds is 13. The van der Waals surface area contributed by atoms with Crippen molar-refractivity contribution in [1.82, 2.24) is 0 Å². The van der Waals surface area contributed by atoms with Gasteiger partial charge in [0.25, 0.3) is 0 Å². The summed E-state index contributed by atoms with van der Waals surface area (Å²) in [4.78, 5) is 0. The fourth-order valence-electron chi connectivity index (χ4n) is 5.99. The van der Waals surface area contributed by atoms with Crippen molar-refractivity contribution in [2.24, 2.45) is 23.7 Å². The van der Waals surface area contributed by atoms with E-state index in [1.807, 2.05) is 0 Å². The molecule has 0 amide bonds. The minimum Gasteiger partial charge on any atom is -0.494 e. The van der Waals surface area contributed by atoms with Crippen LogP contribution in [0, 0.1) is 23.7 Å². The van der Waals surface area contributed by atoms with Crippen molar-refractivity contribution in [2.45, 2.75) is 110 Å². The SMILES string of the molecule is CCCCC1CCCCC1CCCOc1ccc(OCC2CCC(CCC)CC2)cc1. The van der Waals surface area contributed by atoms with Crippen molar-refractivity contribution < 1.29 is 9.47 Å². The standard InChI is InChI=1S/C29H48O2/c1-3-5-10-26-11-6-7-12-27(26)13-8-22-30-28-18-20-29(21-19-28)31-23-25-16-14-24(9-4-2)15-17-25/h18-21,24-27H,3-17,22-23H2,1-2H3. The zero-order chi connectivity index (χ0) is 21.7. The molecule has 0 aliphatic heterocycles. The summed E-state index contributed by atoms with van der Waals surface area (Å²) < 4.78 is 12.1. The van der Waals surface area contributed by atoms with E-state index in [0.717, 1.165) is 48.4 Å². The van der Waals surface area contributed by atoms with Crippen LogP contribution in [0.2, 0.25) is 0 Å². The highest BCUT2D eigenvalue weighted by Gasteiger charge is 2.24. The first-order chi connectivity index (χ1) is 15.3. The van der Waals surface area contributed by atoms with Crippen LogP contribution < -0.4 is 9.47 Å². The first-order valence-corrected chi connectivity index (χ1v) is 13.6. The van der Waals surface area contributed by atoms with E-state index >= 15 is 0 Å². The average molecular weight is 429 g/mol. The molecule has 2 unspecified atom stereocenters. The quantitative estimate of drug-likeness (QED) is 0.292. The van der Waals surface area contributed by atoms with E-state index in [1.165, 1.54) is 96.3 Å². The average Bonchev–Trinajstić information content (AvgIpc) is 2.81. The summed E-state index contributed by atoms with van der Waals surface area (Å²) in [5.41, 5.74) is 0. The molecule has 1 aromatic carbocycles. The largest absolute Gasteiger partial charge is 0.494 e. The molecule has 0 N–H and O–H groups in total. The normalized spacial score (nSPS) is 26.5. The summed E-state index contributed by atoms with van der Waals surface area (Å²) in [6, 6.07) is 8.33. The molecular weight excluding hydrogens is 380 g/mol. The van der Waals surface area contributed by atoms with Gasteiger partial charge < -0.3 is 9.47 Å². The van der Waals surface area contributed by atoms with Crippen molar-refractivity contribution in [3.05, 3.63) is 24.3 Å². The molecule has 0 spiro atoms. The van der Waals surface area contributed by atoms with Crippen molar-refractivity contribution in [1.29, 1.82) is 0 Å². The molecule has 0 aromatic heterocycles. The highest BCUT2D eigenvalue weighted by Crippen LogP contribution is 2.36. The minimum atomic E-state index is 0.741. The van der Waals surface area contributed by atoms with Crippen LogP contribution in [0.3, 0.4) is 0 Å². The molecule has 2 aliphatic carbocycles. The molecular formula is C29H48O2. The molecule has 2 fully saturated rings. The lowest BCUT2D eigenvalue weighted by atomic mass is 9.75. The first-order valence-electron chi connectivity index (χ1n) is 13.6. The smallest absolute Gasteiger partial charge is 0.119 e. The van der Waals surface area contributed by atoms with Gasteiger partial charge in [0.05, 0.1) is 13.2 Å². The van der Waals surface area contributed by atoms with Crippen LogP contribution in [-0.4, -0.2) is 13.2 Å². The van der Waals surface area contributed by atoms with Gasteiger partial charge in [-0.05, 0) is 73.6 Å². The Morgan fingerprint density at radius 3 is 1.84 bits per heavy atom. The first kappa shape index (κ1) is 24.5. The molecule has 2 aliphatic rings. The summed E-state index contributed by atoms with van der Waals surface area (Å²) in [5, 5.41) is 0. The summed E-state index contributed by atoms with van der Waals surface area (Å²) in [5.74, 6) is 5.61. The van der Waals surface area contributed by atoms with E-state index in [2.05, 4.69) is 38.1 Å². The second-order valence-corrected chi connectivity index (χ2v) is 10.4. The van der Waals surface area contributed by atoms with Gasteiger partial charge in [0.2, 0.25) is 0 Å². The van der Waals surface area contributed by atoms with Crippen molar-refractivity contribution in [2.75, 3.05) is 13.2 Å². The summed E-state index contributed by atoms with van der Waals surface area (Å²) >= 11 is 0. The number of hydrogen-bond donors (Lipinski definition) is 0. The number of hydrogen-bond acceptors (Lipinski definition) is 2. The zero-order valence-corrected chi connectivity index (χ0v) is 20.5. The van der Waals surface area contributed by atoms with Gasteiger partial charge in [0, 0.05) is 0 Å². The van der Waals surface area contributed by atoms with E-state index in [4.69, 9.17) is 9.47 Å². The van der Waals surface area contributed by atoms with Crippen LogP contribution in [-0.2, 0) is 0 Å². The van der Waals surface area contributed by atoms with E-state index in [0.29, 0.717) is 0 Å². The second-order valence-electron chi connectivity index (χ2n) is 10.4. The van der Waals surface area contributed by atoms with E-state index in [1.54, 1.807) is 0 Å². The molecule has 2 atom stereocenters. The Morgan fingerprint density at radius 2 is 1.23 bits per heavy atom. The van der Waals surface area contributed by atoms with Gasteiger partial charge in [-0.1, -0.05) is 84.5 Å². The predicted octanol–water partition coefficient (Wildman–Crippen LogP) is 8.83. The molecule has 0 heterocycles. The molecule has 176 valence electrons. The third-order valence-electron chi connectivity index (χ3n) is 7.96. The molecule has 3 rings (SSSR count). The summed E-state index contributed by atoms with van der Waals surface area (Å²) in [7, 11) is 0. The van der Waals surface area contributed by atoms with Crippen LogP contribution in [0.1, 0.15) is 110 Å². The zero-order valence-electron chi connectivity index (χ0n) is 20.5. The summed E-state index contributed by atoms with van der Waals surface area (Å²) in [6.45, 7) is 6.35. The van der Waals surface area contributed by atoms with Gasteiger partial charge in [-0.2, -0.15) is 0 Å². The maximum Gasteiger partial charge on any atom is 0.119 e. The highest BCUT2D eigenvalue weighted by molar-refractivity contribution is 5.31. The van der Waals surface area contributed by atoms with Crippen LogP contribution >= 0.6 is 0 Å². The Bertz CT molecular complexity index is 573. The van der Waals surface area contributed by atoms with Gasteiger partial charge >= 0.3 is 0 Å².